The molecule has 5 nitrogen and oxygen atoms in total. The summed E-state index contributed by atoms with van der Waals surface area (Å²) < 4.78 is 5.31. The fourth-order valence-electron chi connectivity index (χ4n) is 2.32. The molecular weight excluding hydrogens is 290 g/mol. The normalized spacial score (nSPS) is 16.9. The van der Waals surface area contributed by atoms with Crippen LogP contribution in [0.2, 0.25) is 0 Å². The van der Waals surface area contributed by atoms with Crippen LogP contribution < -0.4 is 11.1 Å². The minimum Gasteiger partial charge on any atom is -0.379 e. The molecule has 21 heavy (non-hydrogen) atoms. The molecule has 1 fully saturated rings. The molecule has 0 aromatic heterocycles. The number of halogens is 1. The number of morpholine rings is 1. The van der Waals surface area contributed by atoms with Crippen molar-refractivity contribution < 1.29 is 9.53 Å². The smallest absolute Gasteiger partial charge is 0.251 e. The van der Waals surface area contributed by atoms with Crippen LogP contribution in [0, 0.1) is 0 Å². The van der Waals surface area contributed by atoms with Crippen LogP contribution >= 0.6 is 12.4 Å². The third kappa shape index (κ3) is 5.63. The van der Waals surface area contributed by atoms with E-state index in [1.165, 1.54) is 0 Å². The van der Waals surface area contributed by atoms with Crippen LogP contribution in [0.1, 0.15) is 22.8 Å². The summed E-state index contributed by atoms with van der Waals surface area (Å²) in [6.45, 7) is 6.81. The van der Waals surface area contributed by atoms with Gasteiger partial charge in [0.25, 0.3) is 5.91 Å². The molecule has 118 valence electrons. The van der Waals surface area contributed by atoms with Gasteiger partial charge in [0.15, 0.2) is 0 Å². The third-order valence-corrected chi connectivity index (χ3v) is 3.47. The lowest BCUT2D eigenvalue weighted by atomic mass is 10.1. The van der Waals surface area contributed by atoms with E-state index in [-0.39, 0.29) is 24.4 Å². The quantitative estimate of drug-likeness (QED) is 0.851. The maximum Gasteiger partial charge on any atom is 0.251 e. The minimum atomic E-state index is -0.0330. The Labute approximate surface area is 132 Å². The van der Waals surface area contributed by atoms with Gasteiger partial charge in [-0.3, -0.25) is 9.69 Å². The number of carbonyl (C=O) groups excluding carboxylic acids is 1. The molecule has 6 heteroatoms. The first-order chi connectivity index (χ1) is 9.69. The molecule has 0 spiro atoms. The van der Waals surface area contributed by atoms with E-state index >= 15 is 0 Å². The number of hydrogen-bond donors (Lipinski definition) is 2. The van der Waals surface area contributed by atoms with Gasteiger partial charge in [-0.1, -0.05) is 12.1 Å². The molecule has 1 heterocycles. The number of benzene rings is 1. The maximum atomic E-state index is 12.1. The molecule has 0 saturated carbocycles. The number of rotatable bonds is 5. The van der Waals surface area contributed by atoms with Gasteiger partial charge in [-0.25, -0.2) is 0 Å². The highest BCUT2D eigenvalue weighted by molar-refractivity contribution is 5.94. The van der Waals surface area contributed by atoms with Crippen molar-refractivity contribution >= 4 is 18.3 Å². The number of amides is 1. The highest BCUT2D eigenvalue weighted by Crippen LogP contribution is 2.05. The van der Waals surface area contributed by atoms with Gasteiger partial charge in [-0.05, 0) is 24.6 Å². The highest BCUT2D eigenvalue weighted by Gasteiger charge is 2.15. The highest BCUT2D eigenvalue weighted by atomic mass is 35.5. The summed E-state index contributed by atoms with van der Waals surface area (Å²) in [5, 5.41) is 3.03. The zero-order valence-corrected chi connectivity index (χ0v) is 13.2. The van der Waals surface area contributed by atoms with Gasteiger partial charge in [-0.15, -0.1) is 12.4 Å². The predicted molar refractivity (Wildman–Crippen MR) is 85.8 cm³/mol. The molecule has 3 N–H and O–H groups in total. The second-order valence-corrected chi connectivity index (χ2v) is 5.19. The predicted octanol–water partition coefficient (Wildman–Crippen LogP) is 1.02. The molecule has 1 saturated heterocycles. The molecule has 0 radical (unpaired) electrons. The van der Waals surface area contributed by atoms with Gasteiger partial charge in [0, 0.05) is 37.8 Å². The van der Waals surface area contributed by atoms with E-state index in [0.29, 0.717) is 12.1 Å². The minimum absolute atomic E-state index is 0. The zero-order valence-electron chi connectivity index (χ0n) is 12.4. The summed E-state index contributed by atoms with van der Waals surface area (Å²) in [4.78, 5) is 14.4. The molecule has 1 amide bonds. The topological polar surface area (TPSA) is 67.6 Å². The Hall–Kier alpha value is -1.14. The molecule has 1 aliphatic rings. The van der Waals surface area contributed by atoms with Gasteiger partial charge in [-0.2, -0.15) is 0 Å². The van der Waals surface area contributed by atoms with Crippen LogP contribution in [0.4, 0.5) is 0 Å². The van der Waals surface area contributed by atoms with E-state index in [2.05, 4.69) is 10.2 Å². The van der Waals surface area contributed by atoms with Crippen LogP contribution in [-0.2, 0) is 11.3 Å². The van der Waals surface area contributed by atoms with Crippen molar-refractivity contribution in [2.45, 2.75) is 19.5 Å². The lowest BCUT2D eigenvalue weighted by Gasteiger charge is -2.29. The molecule has 1 aliphatic heterocycles. The van der Waals surface area contributed by atoms with Crippen molar-refractivity contribution in [2.75, 3.05) is 32.8 Å². The van der Waals surface area contributed by atoms with Crippen LogP contribution in [-0.4, -0.2) is 49.7 Å². The Balaban J connectivity index is 0.00000220. The first kappa shape index (κ1) is 17.9. The number of hydrogen-bond acceptors (Lipinski definition) is 4. The monoisotopic (exact) mass is 313 g/mol. The molecule has 1 aromatic carbocycles. The van der Waals surface area contributed by atoms with E-state index in [1.54, 1.807) is 0 Å². The van der Waals surface area contributed by atoms with E-state index in [9.17, 15) is 4.79 Å². The summed E-state index contributed by atoms with van der Waals surface area (Å²) >= 11 is 0. The summed E-state index contributed by atoms with van der Waals surface area (Å²) in [5.74, 6) is -0.0330. The Bertz CT molecular complexity index is 433. The Morgan fingerprint density at radius 1 is 1.33 bits per heavy atom. The number of nitrogens with one attached hydrogen (secondary N) is 1. The van der Waals surface area contributed by atoms with E-state index < -0.39 is 0 Å². The average Bonchev–Trinajstić information content (AvgIpc) is 2.48. The standard InChI is InChI=1S/C15H23N3O2.ClH/c1-12(11-18-6-8-20-9-7-18)17-15(19)14-4-2-13(10-16)3-5-14;/h2-5,12H,6-11,16H2,1H3,(H,17,19);1H. The fourth-order valence-corrected chi connectivity index (χ4v) is 2.32. The molecule has 1 unspecified atom stereocenters. The number of nitrogens with zero attached hydrogens (tertiary/aromatic N) is 1. The van der Waals surface area contributed by atoms with E-state index in [4.69, 9.17) is 10.5 Å². The number of ether oxygens (including phenoxy) is 1. The van der Waals surface area contributed by atoms with Crippen LogP contribution in [0.25, 0.3) is 0 Å². The van der Waals surface area contributed by atoms with Crippen LogP contribution in [0.3, 0.4) is 0 Å². The maximum absolute atomic E-state index is 12.1. The van der Waals surface area contributed by atoms with Crippen molar-refractivity contribution in [1.29, 1.82) is 0 Å². The molecule has 1 aromatic rings. The summed E-state index contributed by atoms with van der Waals surface area (Å²) in [7, 11) is 0. The molecule has 1 atom stereocenters. The van der Waals surface area contributed by atoms with Crippen molar-refractivity contribution in [3.05, 3.63) is 35.4 Å². The van der Waals surface area contributed by atoms with Gasteiger partial charge < -0.3 is 15.8 Å². The summed E-state index contributed by atoms with van der Waals surface area (Å²) in [6.07, 6.45) is 0. The lowest BCUT2D eigenvalue weighted by molar-refractivity contribution is 0.0342. The second kappa shape index (κ2) is 9.00. The lowest BCUT2D eigenvalue weighted by Crippen LogP contribution is -2.46. The Kier molecular flexibility index (Phi) is 7.67. The fraction of sp³-hybridized carbons (Fsp3) is 0.533. The Morgan fingerprint density at radius 2 is 1.95 bits per heavy atom. The number of nitrogens with two attached hydrogens (primary N) is 1. The SMILES string of the molecule is CC(CN1CCOCC1)NC(=O)c1ccc(CN)cc1.Cl. The van der Waals surface area contributed by atoms with E-state index in [0.717, 1.165) is 38.4 Å². The van der Waals surface area contributed by atoms with Gasteiger partial charge in [0.05, 0.1) is 13.2 Å². The summed E-state index contributed by atoms with van der Waals surface area (Å²) in [5.41, 5.74) is 7.25. The first-order valence-corrected chi connectivity index (χ1v) is 7.09. The van der Waals surface area contributed by atoms with Gasteiger partial charge >= 0.3 is 0 Å². The first-order valence-electron chi connectivity index (χ1n) is 7.09. The van der Waals surface area contributed by atoms with Crippen molar-refractivity contribution in [3.8, 4) is 0 Å². The van der Waals surface area contributed by atoms with Crippen LogP contribution in [0.15, 0.2) is 24.3 Å². The van der Waals surface area contributed by atoms with Gasteiger partial charge in [0.1, 0.15) is 0 Å². The molecule has 0 bridgehead atoms. The molecule has 0 aliphatic carbocycles. The Morgan fingerprint density at radius 3 is 2.52 bits per heavy atom. The van der Waals surface area contributed by atoms with Crippen molar-refractivity contribution in [3.63, 3.8) is 0 Å². The van der Waals surface area contributed by atoms with Crippen molar-refractivity contribution in [2.24, 2.45) is 5.73 Å². The second-order valence-electron chi connectivity index (χ2n) is 5.19. The zero-order chi connectivity index (χ0) is 14.4. The summed E-state index contributed by atoms with van der Waals surface area (Å²) in [6, 6.07) is 7.54. The van der Waals surface area contributed by atoms with Crippen molar-refractivity contribution in [1.82, 2.24) is 10.2 Å². The third-order valence-electron chi connectivity index (χ3n) is 3.47. The average molecular weight is 314 g/mol. The largest absolute Gasteiger partial charge is 0.379 e. The van der Waals surface area contributed by atoms with Crippen LogP contribution in [0.5, 0.6) is 0 Å². The van der Waals surface area contributed by atoms with Gasteiger partial charge in [0.2, 0.25) is 0 Å². The van der Waals surface area contributed by atoms with E-state index in [1.807, 2.05) is 31.2 Å². The molecule has 2 rings (SSSR count). The molecular formula is C15H24ClN3O2. The number of carbonyl (C=O) groups is 1.